The van der Waals surface area contributed by atoms with Crippen LogP contribution in [0.1, 0.15) is 18.9 Å². The summed E-state index contributed by atoms with van der Waals surface area (Å²) in [4.78, 5) is 24.9. The number of carbonyl (C=O) groups excluding carboxylic acids is 2. The van der Waals surface area contributed by atoms with Gasteiger partial charge in [-0.2, -0.15) is 13.2 Å². The second-order valence-electron chi connectivity index (χ2n) is 5.98. The summed E-state index contributed by atoms with van der Waals surface area (Å²) in [7, 11) is 0. The molecule has 0 aliphatic rings. The van der Waals surface area contributed by atoms with Gasteiger partial charge in [0.2, 0.25) is 11.8 Å². The normalized spacial score (nSPS) is 11.0. The Bertz CT molecular complexity index is 795. The van der Waals surface area contributed by atoms with Crippen molar-refractivity contribution in [3.63, 3.8) is 0 Å². The first-order valence-corrected chi connectivity index (χ1v) is 8.67. The summed E-state index contributed by atoms with van der Waals surface area (Å²) in [5.74, 6) is -0.0351. The molecule has 0 aromatic heterocycles. The van der Waals surface area contributed by atoms with Crippen molar-refractivity contribution in [3.8, 4) is 5.75 Å². The van der Waals surface area contributed by atoms with Gasteiger partial charge in [-0.3, -0.25) is 9.59 Å². The number of nitrogens with zero attached hydrogens (tertiary/aromatic N) is 1. The second kappa shape index (κ2) is 9.77. The zero-order chi connectivity index (χ0) is 20.6. The number of hydrogen-bond donors (Lipinski definition) is 1. The van der Waals surface area contributed by atoms with Crippen molar-refractivity contribution < 1.29 is 27.5 Å². The van der Waals surface area contributed by atoms with E-state index in [1.807, 2.05) is 18.2 Å². The predicted octanol–water partition coefficient (Wildman–Crippen LogP) is 3.64. The van der Waals surface area contributed by atoms with Crippen molar-refractivity contribution in [1.29, 1.82) is 0 Å². The van der Waals surface area contributed by atoms with Crippen LogP contribution in [-0.2, 0) is 15.8 Å². The lowest BCUT2D eigenvalue weighted by atomic mass is 10.1. The summed E-state index contributed by atoms with van der Waals surface area (Å²) in [5.41, 5.74) is -0.706. The maximum Gasteiger partial charge on any atom is 0.416 e. The quantitative estimate of drug-likeness (QED) is 0.744. The summed E-state index contributed by atoms with van der Waals surface area (Å²) in [6.07, 6.45) is -4.37. The first-order valence-electron chi connectivity index (χ1n) is 8.67. The Morgan fingerprint density at radius 2 is 1.79 bits per heavy atom. The van der Waals surface area contributed by atoms with Crippen LogP contribution in [0.3, 0.4) is 0 Å². The highest BCUT2D eigenvalue weighted by molar-refractivity contribution is 5.91. The third-order valence-corrected chi connectivity index (χ3v) is 3.86. The average Bonchev–Trinajstić information content (AvgIpc) is 2.65. The Labute approximate surface area is 161 Å². The van der Waals surface area contributed by atoms with Crippen molar-refractivity contribution in [2.24, 2.45) is 0 Å². The van der Waals surface area contributed by atoms with E-state index in [-0.39, 0.29) is 37.7 Å². The molecule has 0 fully saturated rings. The third-order valence-electron chi connectivity index (χ3n) is 3.86. The fourth-order valence-corrected chi connectivity index (χ4v) is 2.49. The number of alkyl halides is 3. The number of rotatable bonds is 8. The summed E-state index contributed by atoms with van der Waals surface area (Å²) < 4.78 is 44.0. The SMILES string of the molecule is CC(=O)N(CCNC(=O)CCOc1ccccc1)c1cccc(C(F)(F)F)c1. The van der Waals surface area contributed by atoms with Gasteiger partial charge in [-0.05, 0) is 30.3 Å². The molecular formula is C20H21F3N2O3. The standard InChI is InChI=1S/C20H21F3N2O3/c1-15(26)25(17-7-5-6-16(14-17)20(21,22)23)12-11-24-19(27)10-13-28-18-8-3-2-4-9-18/h2-9,14H,10-13H2,1H3,(H,24,27). The summed E-state index contributed by atoms with van der Waals surface area (Å²) in [5, 5.41) is 2.63. The van der Waals surface area contributed by atoms with Gasteiger partial charge in [-0.15, -0.1) is 0 Å². The molecule has 0 heterocycles. The minimum absolute atomic E-state index is 0.0575. The number of anilines is 1. The zero-order valence-corrected chi connectivity index (χ0v) is 15.3. The van der Waals surface area contributed by atoms with Crippen LogP contribution >= 0.6 is 0 Å². The highest BCUT2D eigenvalue weighted by atomic mass is 19.4. The molecule has 0 saturated carbocycles. The molecule has 2 aromatic carbocycles. The number of nitrogens with one attached hydrogen (secondary N) is 1. The molecular weight excluding hydrogens is 373 g/mol. The average molecular weight is 394 g/mol. The van der Waals surface area contributed by atoms with Crippen LogP contribution in [-0.4, -0.2) is 31.5 Å². The van der Waals surface area contributed by atoms with E-state index in [1.54, 1.807) is 12.1 Å². The molecule has 2 amide bonds. The summed E-state index contributed by atoms with van der Waals surface area (Å²) >= 11 is 0. The van der Waals surface area contributed by atoms with Crippen molar-refractivity contribution in [3.05, 3.63) is 60.2 Å². The largest absolute Gasteiger partial charge is 0.493 e. The molecule has 0 aliphatic heterocycles. The molecule has 28 heavy (non-hydrogen) atoms. The van der Waals surface area contributed by atoms with E-state index in [2.05, 4.69) is 5.32 Å². The van der Waals surface area contributed by atoms with Crippen LogP contribution in [0.15, 0.2) is 54.6 Å². The number of benzene rings is 2. The maximum atomic E-state index is 12.9. The highest BCUT2D eigenvalue weighted by Crippen LogP contribution is 2.31. The van der Waals surface area contributed by atoms with E-state index < -0.39 is 17.6 Å². The van der Waals surface area contributed by atoms with Gasteiger partial charge < -0.3 is 15.0 Å². The van der Waals surface area contributed by atoms with Gasteiger partial charge in [-0.1, -0.05) is 24.3 Å². The molecule has 2 aromatic rings. The molecule has 0 bridgehead atoms. The van der Waals surface area contributed by atoms with E-state index in [1.165, 1.54) is 24.0 Å². The first-order chi connectivity index (χ1) is 13.3. The first kappa shape index (κ1) is 21.3. The topological polar surface area (TPSA) is 58.6 Å². The molecule has 2 rings (SSSR count). The molecule has 0 aliphatic carbocycles. The van der Waals surface area contributed by atoms with Gasteiger partial charge in [0.05, 0.1) is 18.6 Å². The smallest absolute Gasteiger partial charge is 0.416 e. The van der Waals surface area contributed by atoms with Crippen molar-refractivity contribution in [1.82, 2.24) is 5.32 Å². The summed E-state index contributed by atoms with van der Waals surface area (Å²) in [6.45, 7) is 1.62. The van der Waals surface area contributed by atoms with Gasteiger partial charge in [0, 0.05) is 25.7 Å². The molecule has 0 unspecified atom stereocenters. The Morgan fingerprint density at radius 1 is 1.07 bits per heavy atom. The molecule has 8 heteroatoms. The Morgan fingerprint density at radius 3 is 2.43 bits per heavy atom. The van der Waals surface area contributed by atoms with Crippen molar-refractivity contribution in [2.45, 2.75) is 19.5 Å². The predicted molar refractivity (Wildman–Crippen MR) is 99.0 cm³/mol. The molecule has 0 radical (unpaired) electrons. The fraction of sp³-hybridized carbons (Fsp3) is 0.300. The zero-order valence-electron chi connectivity index (χ0n) is 15.3. The van der Waals surface area contributed by atoms with Gasteiger partial charge in [0.25, 0.3) is 0 Å². The third kappa shape index (κ3) is 6.61. The lowest BCUT2D eigenvalue weighted by molar-refractivity contribution is -0.137. The van der Waals surface area contributed by atoms with E-state index in [4.69, 9.17) is 4.74 Å². The van der Waals surface area contributed by atoms with Crippen LogP contribution in [0.25, 0.3) is 0 Å². The highest BCUT2D eigenvalue weighted by Gasteiger charge is 2.31. The number of carbonyl (C=O) groups is 2. The van der Waals surface area contributed by atoms with Gasteiger partial charge >= 0.3 is 6.18 Å². The summed E-state index contributed by atoms with van der Waals surface area (Å²) in [6, 6.07) is 13.6. The maximum absolute atomic E-state index is 12.9. The number of halogens is 3. The number of hydrogen-bond acceptors (Lipinski definition) is 3. The number of para-hydroxylation sites is 1. The molecule has 150 valence electrons. The van der Waals surface area contributed by atoms with Crippen LogP contribution < -0.4 is 15.0 Å². The Kier molecular flexibility index (Phi) is 7.43. The van der Waals surface area contributed by atoms with Gasteiger partial charge in [-0.25, -0.2) is 0 Å². The Balaban J connectivity index is 1.83. The molecule has 0 saturated heterocycles. The Hall–Kier alpha value is -3.03. The van der Waals surface area contributed by atoms with E-state index in [9.17, 15) is 22.8 Å². The van der Waals surface area contributed by atoms with Crippen molar-refractivity contribution >= 4 is 17.5 Å². The van der Waals surface area contributed by atoms with Gasteiger partial charge in [0.15, 0.2) is 0 Å². The van der Waals surface area contributed by atoms with E-state index in [0.717, 1.165) is 12.1 Å². The van der Waals surface area contributed by atoms with Crippen molar-refractivity contribution in [2.75, 3.05) is 24.6 Å². The van der Waals surface area contributed by atoms with E-state index >= 15 is 0 Å². The number of amides is 2. The molecule has 1 N–H and O–H groups in total. The fourth-order valence-electron chi connectivity index (χ4n) is 2.49. The molecule has 0 spiro atoms. The molecule has 0 atom stereocenters. The van der Waals surface area contributed by atoms with Crippen LogP contribution in [0, 0.1) is 0 Å². The number of ether oxygens (including phenoxy) is 1. The van der Waals surface area contributed by atoms with Crippen LogP contribution in [0.5, 0.6) is 5.75 Å². The monoisotopic (exact) mass is 394 g/mol. The minimum Gasteiger partial charge on any atom is -0.493 e. The minimum atomic E-state index is -4.49. The van der Waals surface area contributed by atoms with Crippen LogP contribution in [0.2, 0.25) is 0 Å². The van der Waals surface area contributed by atoms with E-state index in [0.29, 0.717) is 5.75 Å². The lowest BCUT2D eigenvalue weighted by Gasteiger charge is -2.22. The van der Waals surface area contributed by atoms with Crippen LogP contribution in [0.4, 0.5) is 18.9 Å². The lowest BCUT2D eigenvalue weighted by Crippen LogP contribution is -2.38. The second-order valence-corrected chi connectivity index (χ2v) is 5.98. The molecule has 5 nitrogen and oxygen atoms in total. The van der Waals surface area contributed by atoms with Gasteiger partial charge in [0.1, 0.15) is 5.75 Å².